The van der Waals surface area contributed by atoms with Gasteiger partial charge in [0.1, 0.15) is 0 Å². The van der Waals surface area contributed by atoms with Crippen molar-refractivity contribution in [3.05, 3.63) is 23.8 Å². The van der Waals surface area contributed by atoms with Crippen LogP contribution in [0.2, 0.25) is 0 Å². The van der Waals surface area contributed by atoms with Gasteiger partial charge in [-0.2, -0.15) is 0 Å². The summed E-state index contributed by atoms with van der Waals surface area (Å²) in [6.45, 7) is 0.502. The number of para-hydroxylation sites is 1. The van der Waals surface area contributed by atoms with Gasteiger partial charge in [-0.25, -0.2) is 0 Å². The zero-order valence-corrected chi connectivity index (χ0v) is 12.4. The van der Waals surface area contributed by atoms with E-state index in [9.17, 15) is 9.90 Å². The first kappa shape index (κ1) is 15.0. The molecule has 0 bridgehead atoms. The van der Waals surface area contributed by atoms with E-state index < -0.39 is 0 Å². The minimum atomic E-state index is -0.172. The fourth-order valence-electron chi connectivity index (χ4n) is 2.77. The van der Waals surface area contributed by atoms with E-state index in [-0.39, 0.29) is 23.3 Å². The monoisotopic (exact) mass is 297 g/mol. The summed E-state index contributed by atoms with van der Waals surface area (Å²) in [6.07, 6.45) is 4.29. The average molecular weight is 298 g/mol. The minimum absolute atomic E-state index is 0.0995. The molecule has 0 spiro atoms. The molecule has 1 aliphatic carbocycles. The van der Waals surface area contributed by atoms with Gasteiger partial charge < -0.3 is 14.7 Å². The number of alkyl halides is 1. The molecule has 0 aromatic heterocycles. The highest BCUT2D eigenvalue weighted by Gasteiger charge is 2.28. The fourth-order valence-corrected chi connectivity index (χ4v) is 2.95. The summed E-state index contributed by atoms with van der Waals surface area (Å²) < 4.78 is 5.05. The van der Waals surface area contributed by atoms with Crippen LogP contribution in [0.15, 0.2) is 18.2 Å². The van der Waals surface area contributed by atoms with Crippen molar-refractivity contribution in [3.8, 4) is 11.5 Å². The van der Waals surface area contributed by atoms with Gasteiger partial charge in [-0.15, -0.1) is 11.6 Å². The number of phenolic OH excluding ortho intramolecular Hbond substituents is 1. The molecule has 0 atom stereocenters. The molecule has 1 aromatic rings. The fraction of sp³-hybridized carbons (Fsp3) is 0.533. The van der Waals surface area contributed by atoms with E-state index in [0.717, 1.165) is 25.7 Å². The predicted octanol–water partition coefficient (Wildman–Crippen LogP) is 3.02. The van der Waals surface area contributed by atoms with Gasteiger partial charge in [0, 0.05) is 18.5 Å². The quantitative estimate of drug-likeness (QED) is 0.850. The van der Waals surface area contributed by atoms with Crippen molar-refractivity contribution >= 4 is 17.5 Å². The van der Waals surface area contributed by atoms with Crippen LogP contribution in [0.1, 0.15) is 36.0 Å². The molecule has 0 radical (unpaired) electrons. The summed E-state index contributed by atoms with van der Waals surface area (Å²) >= 11 is 5.82. The molecule has 1 saturated carbocycles. The molecule has 5 heteroatoms. The van der Waals surface area contributed by atoms with Gasteiger partial charge in [0.2, 0.25) is 0 Å². The third-order valence-corrected chi connectivity index (χ3v) is 3.97. The molecule has 0 heterocycles. The Bertz CT molecular complexity index is 472. The number of aromatic hydroxyl groups is 1. The predicted molar refractivity (Wildman–Crippen MR) is 78.7 cm³/mol. The Labute approximate surface area is 124 Å². The minimum Gasteiger partial charge on any atom is -0.504 e. The summed E-state index contributed by atoms with van der Waals surface area (Å²) in [7, 11) is 1.47. The number of halogens is 1. The smallest absolute Gasteiger partial charge is 0.258 e. The van der Waals surface area contributed by atoms with Gasteiger partial charge in [-0.3, -0.25) is 4.79 Å². The van der Waals surface area contributed by atoms with Crippen LogP contribution in [-0.2, 0) is 0 Å². The number of hydrogen-bond donors (Lipinski definition) is 1. The first-order valence-electron chi connectivity index (χ1n) is 6.92. The molecule has 1 N–H and O–H groups in total. The molecular formula is C15H20ClNO3. The zero-order chi connectivity index (χ0) is 14.5. The number of benzene rings is 1. The first-order valence-corrected chi connectivity index (χ1v) is 7.45. The number of phenols is 1. The lowest BCUT2D eigenvalue weighted by molar-refractivity contribution is 0.0691. The highest BCUT2D eigenvalue weighted by atomic mass is 35.5. The highest BCUT2D eigenvalue weighted by molar-refractivity contribution is 6.18. The zero-order valence-electron chi connectivity index (χ0n) is 11.6. The molecule has 0 aliphatic heterocycles. The molecule has 4 nitrogen and oxygen atoms in total. The number of hydrogen-bond acceptors (Lipinski definition) is 3. The molecule has 1 fully saturated rings. The van der Waals surface area contributed by atoms with Crippen LogP contribution in [0.25, 0.3) is 0 Å². The van der Waals surface area contributed by atoms with Gasteiger partial charge in [-0.1, -0.05) is 18.9 Å². The van der Waals surface area contributed by atoms with Gasteiger partial charge in [0.25, 0.3) is 5.91 Å². The maximum Gasteiger partial charge on any atom is 0.258 e. The van der Waals surface area contributed by atoms with Crippen molar-refractivity contribution in [1.82, 2.24) is 4.90 Å². The lowest BCUT2D eigenvalue weighted by atomic mass is 10.1. The molecule has 1 amide bonds. The summed E-state index contributed by atoms with van der Waals surface area (Å²) in [5.41, 5.74) is 0.279. The van der Waals surface area contributed by atoms with Crippen molar-refractivity contribution < 1.29 is 14.6 Å². The van der Waals surface area contributed by atoms with E-state index in [0.29, 0.717) is 18.2 Å². The number of carbonyl (C=O) groups is 1. The van der Waals surface area contributed by atoms with Crippen molar-refractivity contribution in [2.45, 2.75) is 31.7 Å². The Balaban J connectivity index is 2.27. The average Bonchev–Trinajstić information content (AvgIpc) is 2.98. The third-order valence-electron chi connectivity index (χ3n) is 3.80. The second kappa shape index (κ2) is 6.84. The largest absolute Gasteiger partial charge is 0.504 e. The van der Waals surface area contributed by atoms with Crippen molar-refractivity contribution in [2.24, 2.45) is 0 Å². The summed E-state index contributed by atoms with van der Waals surface area (Å²) in [4.78, 5) is 14.4. The molecule has 0 unspecified atom stereocenters. The van der Waals surface area contributed by atoms with Crippen LogP contribution in [0.4, 0.5) is 0 Å². The van der Waals surface area contributed by atoms with Crippen molar-refractivity contribution in [1.29, 1.82) is 0 Å². The molecule has 20 heavy (non-hydrogen) atoms. The normalized spacial score (nSPS) is 15.3. The van der Waals surface area contributed by atoms with Gasteiger partial charge in [0.05, 0.1) is 12.7 Å². The SMILES string of the molecule is COc1cccc(C(=O)N(CCCl)C2CCCC2)c1O. The van der Waals surface area contributed by atoms with Gasteiger partial charge in [0.15, 0.2) is 11.5 Å². The Kier molecular flexibility index (Phi) is 5.12. The Morgan fingerprint density at radius 2 is 2.15 bits per heavy atom. The summed E-state index contributed by atoms with van der Waals surface area (Å²) in [6, 6.07) is 5.19. The Morgan fingerprint density at radius 1 is 1.45 bits per heavy atom. The molecular weight excluding hydrogens is 278 g/mol. The van der Waals surface area contributed by atoms with Gasteiger partial charge >= 0.3 is 0 Å². The highest BCUT2D eigenvalue weighted by Crippen LogP contribution is 2.32. The van der Waals surface area contributed by atoms with Crippen LogP contribution in [0, 0.1) is 0 Å². The van der Waals surface area contributed by atoms with E-state index in [1.54, 1.807) is 23.1 Å². The second-order valence-corrected chi connectivity index (χ2v) is 5.36. The van der Waals surface area contributed by atoms with Crippen LogP contribution in [-0.4, -0.2) is 41.5 Å². The Hall–Kier alpha value is -1.42. The number of nitrogens with zero attached hydrogens (tertiary/aromatic N) is 1. The van der Waals surface area contributed by atoms with Crippen molar-refractivity contribution in [3.63, 3.8) is 0 Å². The number of carbonyl (C=O) groups excluding carboxylic acids is 1. The molecule has 2 rings (SSSR count). The van der Waals surface area contributed by atoms with E-state index in [4.69, 9.17) is 16.3 Å². The summed E-state index contributed by atoms with van der Waals surface area (Å²) in [5.74, 6) is 0.437. The van der Waals surface area contributed by atoms with Crippen LogP contribution >= 0.6 is 11.6 Å². The molecule has 1 aromatic carbocycles. The van der Waals surface area contributed by atoms with E-state index >= 15 is 0 Å². The van der Waals surface area contributed by atoms with Crippen LogP contribution in [0.3, 0.4) is 0 Å². The standard InChI is InChI=1S/C15H20ClNO3/c1-20-13-8-4-7-12(14(13)18)15(19)17(10-9-16)11-5-2-3-6-11/h4,7-8,11,18H,2-3,5-6,9-10H2,1H3. The molecule has 0 saturated heterocycles. The van der Waals surface area contributed by atoms with E-state index in [1.807, 2.05) is 0 Å². The first-order chi connectivity index (χ1) is 9.69. The van der Waals surface area contributed by atoms with Gasteiger partial charge in [-0.05, 0) is 25.0 Å². The maximum atomic E-state index is 12.7. The lowest BCUT2D eigenvalue weighted by Gasteiger charge is -2.28. The number of rotatable bonds is 5. The number of methoxy groups -OCH3 is 1. The lowest BCUT2D eigenvalue weighted by Crippen LogP contribution is -2.40. The second-order valence-electron chi connectivity index (χ2n) is 4.98. The van der Waals surface area contributed by atoms with Crippen LogP contribution in [0.5, 0.6) is 11.5 Å². The molecule has 1 aliphatic rings. The number of ether oxygens (including phenoxy) is 1. The number of amides is 1. The maximum absolute atomic E-state index is 12.7. The van der Waals surface area contributed by atoms with E-state index in [1.165, 1.54) is 7.11 Å². The van der Waals surface area contributed by atoms with Crippen LogP contribution < -0.4 is 4.74 Å². The molecule has 110 valence electrons. The van der Waals surface area contributed by atoms with E-state index in [2.05, 4.69) is 0 Å². The summed E-state index contributed by atoms with van der Waals surface area (Å²) in [5, 5.41) is 10.1. The topological polar surface area (TPSA) is 49.8 Å². The Morgan fingerprint density at radius 3 is 2.75 bits per heavy atom. The third kappa shape index (κ3) is 3.01. The van der Waals surface area contributed by atoms with Crippen molar-refractivity contribution in [2.75, 3.05) is 19.5 Å².